The first-order valence-electron chi connectivity index (χ1n) is 6.65. The number of carbonyl (C=O) groups excluding carboxylic acids is 1. The molecule has 0 spiro atoms. The van der Waals surface area contributed by atoms with Gasteiger partial charge < -0.3 is 10.6 Å². The molecule has 2 heterocycles. The largest absolute Gasteiger partial charge is 0.370 e. The predicted octanol–water partition coefficient (Wildman–Crippen LogP) is 3.54. The molecule has 0 atom stereocenters. The maximum atomic E-state index is 12.3. The Morgan fingerprint density at radius 3 is 2.71 bits per heavy atom. The number of nitrogens with zero attached hydrogens (tertiary/aromatic N) is 2. The zero-order valence-corrected chi connectivity index (χ0v) is 13.8. The van der Waals surface area contributed by atoms with E-state index in [0.29, 0.717) is 17.2 Å². The summed E-state index contributed by atoms with van der Waals surface area (Å²) in [4.78, 5) is 20.9. The standard InChI is InChI=1S/C15H17BrN4O/c1-4-17-13-7-11(6-10(3)19-13)15(21)20-14-9(2)5-12(16)8-18-14/h5-8H,4H2,1-3H3,(H,17,19)(H,18,20,21). The van der Waals surface area contributed by atoms with Gasteiger partial charge in [0.25, 0.3) is 5.91 Å². The molecule has 0 aliphatic rings. The van der Waals surface area contributed by atoms with Crippen LogP contribution in [0.3, 0.4) is 0 Å². The van der Waals surface area contributed by atoms with Gasteiger partial charge in [-0.2, -0.15) is 0 Å². The van der Waals surface area contributed by atoms with Gasteiger partial charge in [-0.05, 0) is 60.5 Å². The van der Waals surface area contributed by atoms with Crippen molar-refractivity contribution in [2.24, 2.45) is 0 Å². The van der Waals surface area contributed by atoms with Crippen molar-refractivity contribution in [2.45, 2.75) is 20.8 Å². The van der Waals surface area contributed by atoms with Crippen molar-refractivity contribution in [3.05, 3.63) is 45.7 Å². The van der Waals surface area contributed by atoms with Gasteiger partial charge in [-0.15, -0.1) is 0 Å². The van der Waals surface area contributed by atoms with Crippen molar-refractivity contribution < 1.29 is 4.79 Å². The summed E-state index contributed by atoms with van der Waals surface area (Å²) in [5, 5.41) is 5.94. The van der Waals surface area contributed by atoms with E-state index in [4.69, 9.17) is 0 Å². The Hall–Kier alpha value is -1.95. The third kappa shape index (κ3) is 4.01. The first-order valence-corrected chi connectivity index (χ1v) is 7.45. The minimum atomic E-state index is -0.197. The lowest BCUT2D eigenvalue weighted by atomic mass is 10.2. The minimum Gasteiger partial charge on any atom is -0.370 e. The normalized spacial score (nSPS) is 10.3. The van der Waals surface area contributed by atoms with Crippen molar-refractivity contribution in [1.82, 2.24) is 9.97 Å². The number of anilines is 2. The quantitative estimate of drug-likeness (QED) is 0.886. The van der Waals surface area contributed by atoms with Crippen LogP contribution in [0.4, 0.5) is 11.6 Å². The molecule has 110 valence electrons. The van der Waals surface area contributed by atoms with Crippen LogP contribution in [-0.4, -0.2) is 22.4 Å². The number of aryl methyl sites for hydroxylation is 2. The van der Waals surface area contributed by atoms with Crippen LogP contribution in [-0.2, 0) is 0 Å². The van der Waals surface area contributed by atoms with Crippen LogP contribution >= 0.6 is 15.9 Å². The number of halogens is 1. The Balaban J connectivity index is 2.23. The summed E-state index contributed by atoms with van der Waals surface area (Å²) in [7, 11) is 0. The number of aromatic nitrogens is 2. The molecule has 2 aromatic heterocycles. The van der Waals surface area contributed by atoms with E-state index in [2.05, 4.69) is 36.5 Å². The lowest BCUT2D eigenvalue weighted by Crippen LogP contribution is -2.15. The molecule has 0 radical (unpaired) electrons. The Bertz CT molecular complexity index is 673. The highest BCUT2D eigenvalue weighted by molar-refractivity contribution is 9.10. The maximum Gasteiger partial charge on any atom is 0.257 e. The van der Waals surface area contributed by atoms with E-state index in [0.717, 1.165) is 22.3 Å². The number of carbonyl (C=O) groups is 1. The van der Waals surface area contributed by atoms with Crippen molar-refractivity contribution in [3.63, 3.8) is 0 Å². The number of nitrogens with one attached hydrogen (secondary N) is 2. The first-order chi connectivity index (χ1) is 9.99. The molecule has 0 aliphatic heterocycles. The van der Waals surface area contributed by atoms with E-state index in [1.54, 1.807) is 18.3 Å². The van der Waals surface area contributed by atoms with E-state index >= 15 is 0 Å². The van der Waals surface area contributed by atoms with Gasteiger partial charge in [0.05, 0.1) is 0 Å². The maximum absolute atomic E-state index is 12.3. The fraction of sp³-hybridized carbons (Fsp3) is 0.267. The second kappa shape index (κ2) is 6.67. The van der Waals surface area contributed by atoms with Gasteiger partial charge in [-0.25, -0.2) is 9.97 Å². The number of amides is 1. The van der Waals surface area contributed by atoms with Gasteiger partial charge in [0.1, 0.15) is 11.6 Å². The van der Waals surface area contributed by atoms with Crippen molar-refractivity contribution in [2.75, 3.05) is 17.2 Å². The summed E-state index contributed by atoms with van der Waals surface area (Å²) in [5.41, 5.74) is 2.25. The fourth-order valence-corrected chi connectivity index (χ4v) is 2.37. The van der Waals surface area contributed by atoms with Crippen LogP contribution in [0.2, 0.25) is 0 Å². The zero-order chi connectivity index (χ0) is 15.4. The molecule has 0 saturated carbocycles. The molecule has 0 bridgehead atoms. The second-order valence-electron chi connectivity index (χ2n) is 4.69. The van der Waals surface area contributed by atoms with Crippen LogP contribution in [0.1, 0.15) is 28.5 Å². The summed E-state index contributed by atoms with van der Waals surface area (Å²) in [5.74, 6) is 1.06. The number of rotatable bonds is 4. The lowest BCUT2D eigenvalue weighted by molar-refractivity contribution is 0.102. The predicted molar refractivity (Wildman–Crippen MR) is 87.8 cm³/mol. The minimum absolute atomic E-state index is 0.197. The molecule has 6 heteroatoms. The molecule has 21 heavy (non-hydrogen) atoms. The third-order valence-electron chi connectivity index (χ3n) is 2.85. The molecule has 0 fully saturated rings. The van der Waals surface area contributed by atoms with Crippen LogP contribution in [0.25, 0.3) is 0 Å². The SMILES string of the molecule is CCNc1cc(C(=O)Nc2ncc(Br)cc2C)cc(C)n1. The topological polar surface area (TPSA) is 66.9 Å². The molecular weight excluding hydrogens is 332 g/mol. The molecular formula is C15H17BrN4O. The molecule has 0 unspecified atom stereocenters. The van der Waals surface area contributed by atoms with Crippen molar-refractivity contribution >= 4 is 33.5 Å². The summed E-state index contributed by atoms with van der Waals surface area (Å²) in [6.45, 7) is 6.50. The van der Waals surface area contributed by atoms with Gasteiger partial charge >= 0.3 is 0 Å². The van der Waals surface area contributed by atoms with E-state index in [1.165, 1.54) is 0 Å². The highest BCUT2D eigenvalue weighted by Gasteiger charge is 2.11. The fourth-order valence-electron chi connectivity index (χ4n) is 1.92. The van der Waals surface area contributed by atoms with Gasteiger partial charge in [-0.1, -0.05) is 0 Å². The number of hydrogen-bond acceptors (Lipinski definition) is 4. The summed E-state index contributed by atoms with van der Waals surface area (Å²) >= 11 is 3.35. The Kier molecular flexibility index (Phi) is 4.90. The van der Waals surface area contributed by atoms with Crippen LogP contribution in [0, 0.1) is 13.8 Å². The van der Waals surface area contributed by atoms with E-state index in [9.17, 15) is 4.79 Å². The second-order valence-corrected chi connectivity index (χ2v) is 5.60. The number of hydrogen-bond donors (Lipinski definition) is 2. The summed E-state index contributed by atoms with van der Waals surface area (Å²) < 4.78 is 0.882. The molecule has 5 nitrogen and oxygen atoms in total. The van der Waals surface area contributed by atoms with Gasteiger partial charge in [0.2, 0.25) is 0 Å². The van der Waals surface area contributed by atoms with E-state index < -0.39 is 0 Å². The van der Waals surface area contributed by atoms with Crippen LogP contribution in [0.5, 0.6) is 0 Å². The molecule has 0 aromatic carbocycles. The Morgan fingerprint density at radius 1 is 1.29 bits per heavy atom. The summed E-state index contributed by atoms with van der Waals surface area (Å²) in [6, 6.07) is 5.40. The molecule has 2 aromatic rings. The number of pyridine rings is 2. The van der Waals surface area contributed by atoms with Crippen molar-refractivity contribution in [1.29, 1.82) is 0 Å². The van der Waals surface area contributed by atoms with Gasteiger partial charge in [0.15, 0.2) is 0 Å². The average Bonchev–Trinajstić information content (AvgIpc) is 2.41. The van der Waals surface area contributed by atoms with Crippen LogP contribution in [0.15, 0.2) is 28.9 Å². The molecule has 2 rings (SSSR count). The highest BCUT2D eigenvalue weighted by Crippen LogP contribution is 2.18. The van der Waals surface area contributed by atoms with Gasteiger partial charge in [0, 0.05) is 28.5 Å². The smallest absolute Gasteiger partial charge is 0.257 e. The third-order valence-corrected chi connectivity index (χ3v) is 3.28. The summed E-state index contributed by atoms with van der Waals surface area (Å²) in [6.07, 6.45) is 1.66. The molecule has 0 aliphatic carbocycles. The van der Waals surface area contributed by atoms with Gasteiger partial charge in [-0.3, -0.25) is 4.79 Å². The lowest BCUT2D eigenvalue weighted by Gasteiger charge is -2.10. The van der Waals surface area contributed by atoms with E-state index in [-0.39, 0.29) is 5.91 Å². The Labute approximate surface area is 132 Å². The van der Waals surface area contributed by atoms with Crippen molar-refractivity contribution in [3.8, 4) is 0 Å². The molecule has 1 amide bonds. The molecule has 2 N–H and O–H groups in total. The Morgan fingerprint density at radius 2 is 2.05 bits per heavy atom. The van der Waals surface area contributed by atoms with Crippen LogP contribution < -0.4 is 10.6 Å². The zero-order valence-electron chi connectivity index (χ0n) is 12.2. The molecule has 0 saturated heterocycles. The average molecular weight is 349 g/mol. The highest BCUT2D eigenvalue weighted by atomic mass is 79.9. The monoisotopic (exact) mass is 348 g/mol. The van der Waals surface area contributed by atoms with E-state index in [1.807, 2.05) is 26.8 Å². The first kappa shape index (κ1) is 15.4.